The maximum Gasteiger partial charge on any atom is 0.262 e. The maximum absolute atomic E-state index is 12.4. The van der Waals surface area contributed by atoms with Crippen LogP contribution >= 0.6 is 0 Å². The summed E-state index contributed by atoms with van der Waals surface area (Å²) in [5.41, 5.74) is 5.45. The third-order valence-corrected chi connectivity index (χ3v) is 4.80. The first-order valence-electron chi connectivity index (χ1n) is 6.10. The Morgan fingerprint density at radius 1 is 1.70 bits per heavy atom. The van der Waals surface area contributed by atoms with Crippen LogP contribution in [0, 0.1) is 0 Å². The van der Waals surface area contributed by atoms with E-state index in [4.69, 9.17) is 15.7 Å². The van der Waals surface area contributed by atoms with E-state index in [2.05, 4.69) is 10.1 Å². The van der Waals surface area contributed by atoms with Gasteiger partial charge in [0, 0.05) is 25.8 Å². The molecular formula is C10H17N5O4S. The molecule has 0 amide bonds. The molecule has 10 heteroatoms. The van der Waals surface area contributed by atoms with Crippen molar-refractivity contribution in [3.8, 4) is 0 Å². The van der Waals surface area contributed by atoms with Crippen LogP contribution in [0.15, 0.2) is 22.7 Å². The highest BCUT2D eigenvalue weighted by Gasteiger charge is 2.33. The van der Waals surface area contributed by atoms with Gasteiger partial charge in [-0.3, -0.25) is 0 Å². The van der Waals surface area contributed by atoms with Crippen LogP contribution in [0.1, 0.15) is 6.92 Å². The van der Waals surface area contributed by atoms with E-state index in [1.165, 1.54) is 16.8 Å². The van der Waals surface area contributed by atoms with E-state index in [1.54, 1.807) is 4.57 Å². The molecule has 0 aliphatic carbocycles. The summed E-state index contributed by atoms with van der Waals surface area (Å²) in [5.74, 6) is -0.149. The zero-order chi connectivity index (χ0) is 14.8. The summed E-state index contributed by atoms with van der Waals surface area (Å²) in [6, 6.07) is 0. The maximum atomic E-state index is 12.4. The average Bonchev–Trinajstić information content (AvgIpc) is 2.96. The standard InChI is InChI=1S/C10H17N5O4S/c1-2-14-6-9(12-7-14)20(17,18)15-3-4-19-8(5-15)10(11)13-16/h6-8,16H,2-5H2,1H3,(H2,11,13). The normalized spacial score (nSPS) is 22.1. The highest BCUT2D eigenvalue weighted by Crippen LogP contribution is 2.17. The smallest absolute Gasteiger partial charge is 0.262 e. The highest BCUT2D eigenvalue weighted by molar-refractivity contribution is 7.89. The first-order chi connectivity index (χ1) is 9.48. The van der Waals surface area contributed by atoms with E-state index in [0.717, 1.165) is 0 Å². The van der Waals surface area contributed by atoms with Gasteiger partial charge in [-0.25, -0.2) is 13.4 Å². The van der Waals surface area contributed by atoms with Crippen molar-refractivity contribution in [3.63, 3.8) is 0 Å². The molecule has 1 saturated heterocycles. The van der Waals surface area contributed by atoms with Crippen LogP contribution in [0.5, 0.6) is 0 Å². The minimum absolute atomic E-state index is 0.00277. The van der Waals surface area contributed by atoms with Crippen LogP contribution in [0.2, 0.25) is 0 Å². The number of aryl methyl sites for hydroxylation is 1. The number of morpholine rings is 1. The lowest BCUT2D eigenvalue weighted by atomic mass is 10.3. The second kappa shape index (κ2) is 5.77. The van der Waals surface area contributed by atoms with Crippen molar-refractivity contribution >= 4 is 15.9 Å². The van der Waals surface area contributed by atoms with Gasteiger partial charge in [-0.05, 0) is 6.92 Å². The van der Waals surface area contributed by atoms with E-state index >= 15 is 0 Å². The van der Waals surface area contributed by atoms with Gasteiger partial charge in [0.1, 0.15) is 6.10 Å². The van der Waals surface area contributed by atoms with Gasteiger partial charge in [-0.1, -0.05) is 5.16 Å². The zero-order valence-electron chi connectivity index (χ0n) is 11.0. The first-order valence-corrected chi connectivity index (χ1v) is 7.54. The molecule has 1 aliphatic rings. The molecule has 1 atom stereocenters. The number of oxime groups is 1. The largest absolute Gasteiger partial charge is 0.409 e. The van der Waals surface area contributed by atoms with Crippen LogP contribution in [0.4, 0.5) is 0 Å². The van der Waals surface area contributed by atoms with Gasteiger partial charge >= 0.3 is 0 Å². The molecule has 0 spiro atoms. The van der Waals surface area contributed by atoms with Crippen molar-refractivity contribution in [2.24, 2.45) is 10.9 Å². The molecule has 1 aromatic rings. The van der Waals surface area contributed by atoms with Crippen molar-refractivity contribution in [2.75, 3.05) is 19.7 Å². The Hall–Kier alpha value is -1.65. The number of imidazole rings is 1. The quantitative estimate of drug-likeness (QED) is 0.319. The van der Waals surface area contributed by atoms with Crippen LogP contribution in [-0.2, 0) is 21.3 Å². The molecule has 1 aliphatic heterocycles. The molecule has 0 aromatic carbocycles. The number of amidine groups is 1. The topological polar surface area (TPSA) is 123 Å². The molecule has 1 aromatic heterocycles. The molecular weight excluding hydrogens is 286 g/mol. The molecule has 1 fully saturated rings. The van der Waals surface area contributed by atoms with Gasteiger partial charge in [-0.2, -0.15) is 4.31 Å². The molecule has 2 heterocycles. The van der Waals surface area contributed by atoms with E-state index in [9.17, 15) is 8.42 Å². The third kappa shape index (κ3) is 2.76. The van der Waals surface area contributed by atoms with Gasteiger partial charge in [0.25, 0.3) is 10.0 Å². The molecule has 112 valence electrons. The lowest BCUT2D eigenvalue weighted by molar-refractivity contribution is 0.0354. The molecule has 0 bridgehead atoms. The van der Waals surface area contributed by atoms with Gasteiger partial charge < -0.3 is 20.2 Å². The van der Waals surface area contributed by atoms with Crippen LogP contribution in [0.25, 0.3) is 0 Å². The Balaban J connectivity index is 2.21. The summed E-state index contributed by atoms with van der Waals surface area (Å²) in [5, 5.41) is 11.5. The number of rotatable bonds is 4. The SMILES string of the molecule is CCn1cnc(S(=O)(=O)N2CCOC(C(N)=NO)C2)c1. The lowest BCUT2D eigenvalue weighted by Crippen LogP contribution is -2.50. The summed E-state index contributed by atoms with van der Waals surface area (Å²) in [4.78, 5) is 3.91. The minimum Gasteiger partial charge on any atom is -0.409 e. The Labute approximate surface area is 116 Å². The van der Waals surface area contributed by atoms with E-state index in [0.29, 0.717) is 6.54 Å². The summed E-state index contributed by atoms with van der Waals surface area (Å²) in [7, 11) is -3.70. The molecule has 1 unspecified atom stereocenters. The molecule has 9 nitrogen and oxygen atoms in total. The number of aromatic nitrogens is 2. The van der Waals surface area contributed by atoms with Crippen LogP contribution < -0.4 is 5.73 Å². The second-order valence-corrected chi connectivity index (χ2v) is 6.17. The fraction of sp³-hybridized carbons (Fsp3) is 0.600. The molecule has 2 rings (SSSR count). The number of ether oxygens (including phenoxy) is 1. The van der Waals surface area contributed by atoms with Crippen molar-refractivity contribution in [2.45, 2.75) is 24.6 Å². The average molecular weight is 303 g/mol. The second-order valence-electron chi connectivity index (χ2n) is 4.29. The first kappa shape index (κ1) is 14.8. The summed E-state index contributed by atoms with van der Waals surface area (Å²) >= 11 is 0. The van der Waals surface area contributed by atoms with Crippen molar-refractivity contribution in [1.29, 1.82) is 0 Å². The zero-order valence-corrected chi connectivity index (χ0v) is 11.8. The van der Waals surface area contributed by atoms with Crippen molar-refractivity contribution in [1.82, 2.24) is 13.9 Å². The number of hydrogen-bond donors (Lipinski definition) is 2. The fourth-order valence-electron chi connectivity index (χ4n) is 1.87. The predicted octanol–water partition coefficient (Wildman–Crippen LogP) is -0.961. The molecule has 0 saturated carbocycles. The van der Waals surface area contributed by atoms with E-state index in [1.807, 2.05) is 6.92 Å². The minimum atomic E-state index is -3.70. The van der Waals surface area contributed by atoms with Gasteiger partial charge in [0.05, 0.1) is 12.9 Å². The number of sulfonamides is 1. The third-order valence-electron chi connectivity index (χ3n) is 3.05. The summed E-state index contributed by atoms with van der Waals surface area (Å²) in [6.45, 7) is 2.90. The van der Waals surface area contributed by atoms with Gasteiger partial charge in [-0.15, -0.1) is 0 Å². The molecule has 3 N–H and O–H groups in total. The number of hydrogen-bond acceptors (Lipinski definition) is 6. The van der Waals surface area contributed by atoms with E-state index in [-0.39, 0.29) is 30.6 Å². The van der Waals surface area contributed by atoms with Crippen LogP contribution in [-0.4, -0.2) is 59.1 Å². The van der Waals surface area contributed by atoms with E-state index < -0.39 is 16.1 Å². The molecule has 20 heavy (non-hydrogen) atoms. The number of nitrogens with zero attached hydrogens (tertiary/aromatic N) is 4. The Kier molecular flexibility index (Phi) is 4.26. The highest BCUT2D eigenvalue weighted by atomic mass is 32.2. The summed E-state index contributed by atoms with van der Waals surface area (Å²) < 4.78 is 33.0. The monoisotopic (exact) mass is 303 g/mol. The van der Waals surface area contributed by atoms with Crippen LogP contribution in [0.3, 0.4) is 0 Å². The lowest BCUT2D eigenvalue weighted by Gasteiger charge is -2.30. The molecule has 0 radical (unpaired) electrons. The van der Waals surface area contributed by atoms with Gasteiger partial charge in [0.2, 0.25) is 0 Å². The van der Waals surface area contributed by atoms with Crippen molar-refractivity contribution < 1.29 is 18.4 Å². The fourth-order valence-corrected chi connectivity index (χ4v) is 3.23. The van der Waals surface area contributed by atoms with Crippen molar-refractivity contribution in [3.05, 3.63) is 12.5 Å². The Morgan fingerprint density at radius 2 is 2.45 bits per heavy atom. The predicted molar refractivity (Wildman–Crippen MR) is 69.8 cm³/mol. The van der Waals surface area contributed by atoms with Gasteiger partial charge in [0.15, 0.2) is 10.9 Å². The Morgan fingerprint density at radius 3 is 3.05 bits per heavy atom. The Bertz CT molecular complexity index is 597. The summed E-state index contributed by atoms with van der Waals surface area (Å²) in [6.07, 6.45) is 2.19. The number of nitrogens with two attached hydrogens (primary N) is 1.